The number of Topliss-reactive ketones (excluding diaryl/α,β-unsaturated/α-hetero) is 1. The smallest absolute Gasteiger partial charge is 0.360 e. The maximum absolute atomic E-state index is 12.3. The normalized spacial score (nSPS) is 23.2. The van der Waals surface area contributed by atoms with E-state index in [1.165, 1.54) is 43.8 Å². The Bertz CT molecular complexity index is 940. The van der Waals surface area contributed by atoms with E-state index < -0.39 is 11.9 Å². The number of aliphatic imine (C=N–C) groups is 1. The van der Waals surface area contributed by atoms with Gasteiger partial charge in [0, 0.05) is 29.4 Å². The molecule has 2 unspecified atom stereocenters. The van der Waals surface area contributed by atoms with Gasteiger partial charge in [0.1, 0.15) is 5.69 Å². The number of primary amides is 1. The van der Waals surface area contributed by atoms with Crippen LogP contribution in [0, 0.1) is 5.92 Å². The number of thioether (sulfide) groups is 1. The Hall–Kier alpha value is -2.69. The average molecular weight is 402 g/mol. The summed E-state index contributed by atoms with van der Waals surface area (Å²) in [4.78, 5) is 39.4. The van der Waals surface area contributed by atoms with Crippen LogP contribution < -0.4 is 21.1 Å². The van der Waals surface area contributed by atoms with Crippen molar-refractivity contribution in [3.05, 3.63) is 41.2 Å². The molecule has 9 nitrogen and oxygen atoms in total. The van der Waals surface area contributed by atoms with Crippen LogP contribution in [0.2, 0.25) is 0 Å². The molecule has 28 heavy (non-hydrogen) atoms. The van der Waals surface area contributed by atoms with Crippen LogP contribution >= 0.6 is 11.8 Å². The number of nitrogens with zero attached hydrogens (tertiary/aromatic N) is 2. The summed E-state index contributed by atoms with van der Waals surface area (Å²) < 4.78 is 0. The zero-order chi connectivity index (χ0) is 20.0. The van der Waals surface area contributed by atoms with Crippen LogP contribution in [-0.2, 0) is 4.79 Å². The van der Waals surface area contributed by atoms with Crippen molar-refractivity contribution in [2.24, 2.45) is 16.6 Å². The summed E-state index contributed by atoms with van der Waals surface area (Å²) in [6, 6.07) is 4.72. The number of hydrogen-bond acceptors (Lipinski definition) is 7. The van der Waals surface area contributed by atoms with Crippen LogP contribution in [-0.4, -0.2) is 40.0 Å². The maximum Gasteiger partial charge on any atom is 0.360 e. The number of carboxylic acid groups (broad SMARTS) is 1. The van der Waals surface area contributed by atoms with Gasteiger partial charge in [0.05, 0.1) is 0 Å². The summed E-state index contributed by atoms with van der Waals surface area (Å²) in [5.74, 6) is -1.29. The number of aliphatic carboxylic acids is 1. The first-order valence-electron chi connectivity index (χ1n) is 8.90. The first-order chi connectivity index (χ1) is 13.3. The van der Waals surface area contributed by atoms with E-state index >= 15 is 0 Å². The van der Waals surface area contributed by atoms with Crippen LogP contribution in [0.25, 0.3) is 0 Å². The largest absolute Gasteiger partial charge is 0.476 e. The Kier molecular flexibility index (Phi) is 4.69. The van der Waals surface area contributed by atoms with Gasteiger partial charge in [0.25, 0.3) is 5.17 Å². The van der Waals surface area contributed by atoms with Crippen LogP contribution in [0.15, 0.2) is 35.1 Å². The molecule has 0 aromatic heterocycles. The predicted octanol–water partition coefficient (Wildman–Crippen LogP) is -0.0800. The molecule has 2 heterocycles. The minimum atomic E-state index is -1.10. The van der Waals surface area contributed by atoms with Gasteiger partial charge >= 0.3 is 5.97 Å². The van der Waals surface area contributed by atoms with E-state index in [4.69, 9.17) is 5.73 Å². The standard InChI is InChI=1S/C18H19N5O4S/c1-9(24)12-6-11(15(19)25)4-5-14(12)23-17(20-7-10-2-3-10)28-18-21-13(16(26)27)8-22(18)23/h4-6,8,10,17,20H,2-3,7H2,1H3,(H2,19,25)(H,26,27)/p+1. The number of nitrogens with two attached hydrogens (primary N) is 1. The van der Waals surface area contributed by atoms with Gasteiger partial charge in [-0.2, -0.15) is 10.0 Å². The van der Waals surface area contributed by atoms with Crippen molar-refractivity contribution < 1.29 is 24.5 Å². The molecule has 10 heteroatoms. The molecule has 1 saturated heterocycles. The minimum Gasteiger partial charge on any atom is -0.476 e. The number of nitrogens with one attached hydrogen (secondary N) is 2. The fraction of sp³-hybridized carbons (Fsp3) is 0.333. The van der Waals surface area contributed by atoms with E-state index in [0.29, 0.717) is 27.3 Å². The number of anilines is 1. The van der Waals surface area contributed by atoms with Crippen LogP contribution in [0.1, 0.15) is 40.5 Å². The van der Waals surface area contributed by atoms with E-state index in [1.807, 2.05) is 5.01 Å². The van der Waals surface area contributed by atoms with Crippen molar-refractivity contribution in [3.63, 3.8) is 0 Å². The van der Waals surface area contributed by atoms with Crippen molar-refractivity contribution >= 4 is 40.3 Å². The van der Waals surface area contributed by atoms with Gasteiger partial charge in [-0.25, -0.2) is 4.79 Å². The van der Waals surface area contributed by atoms with Gasteiger partial charge in [0.2, 0.25) is 11.6 Å². The monoisotopic (exact) mass is 402 g/mol. The molecule has 3 aliphatic rings. The molecule has 1 aromatic carbocycles. The van der Waals surface area contributed by atoms with Crippen LogP contribution in [0.4, 0.5) is 5.69 Å². The third-order valence-corrected chi connectivity index (χ3v) is 5.97. The summed E-state index contributed by atoms with van der Waals surface area (Å²) in [6.07, 6.45) is 3.89. The lowest BCUT2D eigenvalue weighted by Crippen LogP contribution is -3.14. The van der Waals surface area contributed by atoms with E-state index in [9.17, 15) is 19.5 Å². The third-order valence-electron chi connectivity index (χ3n) is 4.85. The highest BCUT2D eigenvalue weighted by molar-refractivity contribution is 8.14. The Morgan fingerprint density at radius 2 is 2.14 bits per heavy atom. The summed E-state index contributed by atoms with van der Waals surface area (Å²) >= 11 is 1.42. The number of fused-ring (bicyclic) bond motifs is 1. The van der Waals surface area contributed by atoms with Crippen molar-refractivity contribution in [2.45, 2.75) is 25.3 Å². The molecule has 0 radical (unpaired) electrons. The molecular formula is C18H20N5O4S+. The number of carboxylic acids is 1. The molecule has 1 aliphatic carbocycles. The van der Waals surface area contributed by atoms with Gasteiger partial charge < -0.3 is 10.8 Å². The van der Waals surface area contributed by atoms with Crippen molar-refractivity contribution in [1.82, 2.24) is 5.32 Å². The van der Waals surface area contributed by atoms with Crippen LogP contribution in [0.5, 0.6) is 0 Å². The Balaban J connectivity index is 1.74. The van der Waals surface area contributed by atoms with Gasteiger partial charge in [0.15, 0.2) is 17.5 Å². The second-order valence-electron chi connectivity index (χ2n) is 6.98. The fourth-order valence-corrected chi connectivity index (χ4v) is 4.36. The van der Waals surface area contributed by atoms with E-state index in [2.05, 4.69) is 10.3 Å². The molecule has 0 spiro atoms. The number of ketones is 1. The Labute approximate surface area is 165 Å². The first-order valence-corrected chi connectivity index (χ1v) is 9.78. The third kappa shape index (κ3) is 3.41. The Morgan fingerprint density at radius 3 is 2.75 bits per heavy atom. The molecule has 1 saturated carbocycles. The number of quaternary nitrogens is 1. The lowest BCUT2D eigenvalue weighted by Gasteiger charge is -2.27. The maximum atomic E-state index is 12.3. The van der Waals surface area contributed by atoms with Crippen molar-refractivity contribution in [3.8, 4) is 0 Å². The molecule has 0 bridgehead atoms. The minimum absolute atomic E-state index is 0.0405. The number of hydrogen-bond donors (Lipinski definition) is 4. The quantitative estimate of drug-likeness (QED) is 0.470. The zero-order valence-electron chi connectivity index (χ0n) is 15.1. The number of amides is 1. The van der Waals surface area contributed by atoms with Gasteiger partial charge in [-0.3, -0.25) is 14.9 Å². The second-order valence-corrected chi connectivity index (χ2v) is 8.05. The van der Waals surface area contributed by atoms with Gasteiger partial charge in [-0.1, -0.05) is 0 Å². The van der Waals surface area contributed by atoms with E-state index in [-0.39, 0.29) is 22.5 Å². The molecule has 146 valence electrons. The van der Waals surface area contributed by atoms with Crippen LogP contribution in [0.3, 0.4) is 0 Å². The van der Waals surface area contributed by atoms with Crippen molar-refractivity contribution in [2.75, 3.05) is 11.6 Å². The Morgan fingerprint density at radius 1 is 1.39 bits per heavy atom. The number of benzene rings is 1. The summed E-state index contributed by atoms with van der Waals surface area (Å²) in [6.45, 7) is 2.26. The first kappa shape index (κ1) is 18.7. The highest BCUT2D eigenvalue weighted by Crippen LogP contribution is 2.32. The lowest BCUT2D eigenvalue weighted by atomic mass is 10.0. The molecule has 2 aliphatic heterocycles. The SMILES string of the molecule is CC(=O)c1cc(C(N)=O)ccc1N1C(NCC2CC2)SC2=NC(C(=O)O)=C[NH+]21. The molecule has 1 aromatic rings. The topological polar surface area (TPSA) is 130 Å². The molecule has 2 fully saturated rings. The van der Waals surface area contributed by atoms with Gasteiger partial charge in [-0.05, 0) is 43.9 Å². The fourth-order valence-electron chi connectivity index (χ4n) is 3.20. The zero-order valence-corrected chi connectivity index (χ0v) is 16.0. The molecule has 4 rings (SSSR count). The van der Waals surface area contributed by atoms with E-state index in [1.54, 1.807) is 12.1 Å². The number of amidine groups is 1. The van der Waals surface area contributed by atoms with Crippen molar-refractivity contribution in [1.29, 1.82) is 0 Å². The lowest BCUT2D eigenvalue weighted by molar-refractivity contribution is -0.749. The summed E-state index contributed by atoms with van der Waals surface area (Å²) in [7, 11) is 0. The summed E-state index contributed by atoms with van der Waals surface area (Å²) in [5, 5.41) is 15.9. The number of carbonyl (C=O) groups excluding carboxylic acids is 2. The highest BCUT2D eigenvalue weighted by atomic mass is 32.2. The van der Waals surface area contributed by atoms with Gasteiger partial charge in [-0.15, -0.1) is 5.01 Å². The average Bonchev–Trinajstić information content (AvgIpc) is 3.28. The molecule has 2 atom stereocenters. The number of carbonyl (C=O) groups is 3. The summed E-state index contributed by atoms with van der Waals surface area (Å²) in [5.41, 5.74) is 6.27. The molecule has 1 amide bonds. The molecular weight excluding hydrogens is 382 g/mol. The number of rotatable bonds is 7. The second kappa shape index (κ2) is 7.04. The molecule has 5 N–H and O–H groups in total. The predicted molar refractivity (Wildman–Crippen MR) is 104 cm³/mol. The highest BCUT2D eigenvalue weighted by Gasteiger charge is 2.47. The van der Waals surface area contributed by atoms with E-state index in [0.717, 1.165) is 6.54 Å².